The Balaban J connectivity index is 1.37. The number of nitro groups is 1. The SMILES string of the molecule is Cc1cnc(-c2cnc(N(CCNc3ccc([N+](=O)[O-])c(N)n3)c3ncc(-c4ncc(C)[nH]4)c(-c4ccc(Cl)cc4Cl)n3)nc2-c2ccc(Cl)cc2Cl)[nH]1. The van der Waals surface area contributed by atoms with Crippen LogP contribution in [0.2, 0.25) is 20.1 Å². The van der Waals surface area contributed by atoms with E-state index in [9.17, 15) is 10.1 Å². The van der Waals surface area contributed by atoms with E-state index in [-0.39, 0.29) is 36.5 Å². The maximum Gasteiger partial charge on any atom is 0.311 e. The molecule has 0 unspecified atom stereocenters. The van der Waals surface area contributed by atoms with Gasteiger partial charge < -0.3 is 21.0 Å². The summed E-state index contributed by atoms with van der Waals surface area (Å²) in [7, 11) is 0. The molecule has 0 amide bonds. The minimum atomic E-state index is -0.598. The van der Waals surface area contributed by atoms with E-state index in [1.54, 1.807) is 66.1 Å². The number of anilines is 4. The highest BCUT2D eigenvalue weighted by Gasteiger charge is 2.24. The molecule has 7 rings (SSSR count). The number of halogens is 4. The van der Waals surface area contributed by atoms with Gasteiger partial charge in [0.05, 0.1) is 37.5 Å². The summed E-state index contributed by atoms with van der Waals surface area (Å²) in [6, 6.07) is 13.0. The number of pyridine rings is 1. The highest BCUT2D eigenvalue weighted by molar-refractivity contribution is 6.37. The third kappa shape index (κ3) is 7.61. The fourth-order valence-corrected chi connectivity index (χ4v) is 6.53. The summed E-state index contributed by atoms with van der Waals surface area (Å²) < 4.78 is 0. The van der Waals surface area contributed by atoms with Crippen molar-refractivity contribution in [1.29, 1.82) is 0 Å². The van der Waals surface area contributed by atoms with E-state index < -0.39 is 4.92 Å². The van der Waals surface area contributed by atoms with Gasteiger partial charge in [-0.25, -0.2) is 34.9 Å². The number of hydrogen-bond acceptors (Lipinski definition) is 12. The van der Waals surface area contributed by atoms with Crippen molar-refractivity contribution in [2.45, 2.75) is 13.8 Å². The van der Waals surface area contributed by atoms with E-state index in [4.69, 9.17) is 72.1 Å². The first-order chi connectivity index (χ1) is 25.9. The topological polar surface area (TPSA) is 206 Å². The molecular formula is C35H27Cl4N13O2. The standard InChI is InChI=1S/C35H27Cl4N13O2/c1-17-13-42-32(46-17)23-15-44-34(49-29(23)21-5-3-19(36)11-25(21)38)51(10-9-41-28-8-7-27(52(53)54)31(40)48-28)35-45-16-24(33-43-14-18(2)47-33)30(50-35)22-6-4-20(37)12-26(22)39/h3-8,11-16H,9-10H2,1-2H3,(H,42,46)(H,43,47)(H3,40,41,48). The molecule has 5 heterocycles. The van der Waals surface area contributed by atoms with Crippen molar-refractivity contribution in [3.63, 3.8) is 0 Å². The van der Waals surface area contributed by atoms with Crippen molar-refractivity contribution in [2.24, 2.45) is 0 Å². The van der Waals surface area contributed by atoms with Gasteiger partial charge in [-0.2, -0.15) is 0 Å². The minimum absolute atomic E-state index is 0.165. The van der Waals surface area contributed by atoms with Crippen molar-refractivity contribution in [2.75, 3.05) is 29.0 Å². The Hall–Kier alpha value is -5.87. The second kappa shape index (κ2) is 15.2. The van der Waals surface area contributed by atoms with Crippen LogP contribution in [0.15, 0.2) is 73.3 Å². The number of rotatable bonds is 11. The van der Waals surface area contributed by atoms with Crippen LogP contribution in [0.1, 0.15) is 11.4 Å². The quantitative estimate of drug-likeness (QED) is 0.0715. The number of benzene rings is 2. The van der Waals surface area contributed by atoms with E-state index in [0.29, 0.717) is 71.2 Å². The van der Waals surface area contributed by atoms with Gasteiger partial charge in [-0.3, -0.25) is 15.0 Å². The van der Waals surface area contributed by atoms with Crippen LogP contribution in [-0.2, 0) is 0 Å². The molecule has 0 aliphatic rings. The molecule has 0 saturated carbocycles. The van der Waals surface area contributed by atoms with Gasteiger partial charge in [0.1, 0.15) is 17.5 Å². The lowest BCUT2D eigenvalue weighted by molar-refractivity contribution is -0.384. The average Bonchev–Trinajstić information content (AvgIpc) is 3.77. The number of hydrogen-bond donors (Lipinski definition) is 4. The molecule has 2 aromatic carbocycles. The maximum atomic E-state index is 11.3. The molecule has 5 aromatic heterocycles. The number of nitrogens with zero attached hydrogens (tertiary/aromatic N) is 9. The molecule has 0 spiro atoms. The molecule has 54 heavy (non-hydrogen) atoms. The largest absolute Gasteiger partial charge is 0.378 e. The molecule has 0 atom stereocenters. The molecule has 19 heteroatoms. The van der Waals surface area contributed by atoms with E-state index in [0.717, 1.165) is 11.4 Å². The van der Waals surface area contributed by atoms with Gasteiger partial charge in [-0.05, 0) is 56.3 Å². The Kier molecular flexibility index (Phi) is 10.3. The van der Waals surface area contributed by atoms with Gasteiger partial charge in [0.15, 0.2) is 0 Å². The number of aromatic nitrogens is 9. The van der Waals surface area contributed by atoms with Crippen LogP contribution in [0.25, 0.3) is 45.3 Å². The second-order valence-electron chi connectivity index (χ2n) is 11.9. The second-order valence-corrected chi connectivity index (χ2v) is 13.6. The van der Waals surface area contributed by atoms with Crippen molar-refractivity contribution in [1.82, 2.24) is 44.9 Å². The molecule has 0 aliphatic heterocycles. The fourth-order valence-electron chi connectivity index (χ4n) is 5.53. The van der Waals surface area contributed by atoms with Crippen molar-refractivity contribution >= 4 is 75.6 Å². The number of imidazole rings is 2. The van der Waals surface area contributed by atoms with Gasteiger partial charge in [0.2, 0.25) is 17.7 Å². The van der Waals surface area contributed by atoms with Crippen LogP contribution >= 0.6 is 46.4 Å². The number of H-pyrrole nitrogens is 2. The zero-order valence-corrected chi connectivity index (χ0v) is 31.3. The van der Waals surface area contributed by atoms with Crippen molar-refractivity contribution in [3.8, 4) is 45.3 Å². The van der Waals surface area contributed by atoms with E-state index in [1.807, 2.05) is 13.8 Å². The molecule has 0 aliphatic carbocycles. The Labute approximate surface area is 327 Å². The Bertz CT molecular complexity index is 2400. The lowest BCUT2D eigenvalue weighted by Gasteiger charge is -2.23. The van der Waals surface area contributed by atoms with Gasteiger partial charge in [0.25, 0.3) is 0 Å². The summed E-state index contributed by atoms with van der Waals surface area (Å²) in [5, 5.41) is 16.1. The molecule has 15 nitrogen and oxygen atoms in total. The Morgan fingerprint density at radius 1 is 0.722 bits per heavy atom. The smallest absolute Gasteiger partial charge is 0.311 e. The number of nitrogens with two attached hydrogens (primary N) is 1. The molecule has 0 saturated heterocycles. The first-order valence-electron chi connectivity index (χ1n) is 16.1. The van der Waals surface area contributed by atoms with Gasteiger partial charge in [0, 0.05) is 76.5 Å². The van der Waals surface area contributed by atoms with Gasteiger partial charge >= 0.3 is 5.69 Å². The first kappa shape index (κ1) is 36.5. The highest BCUT2D eigenvalue weighted by Crippen LogP contribution is 2.39. The van der Waals surface area contributed by atoms with Gasteiger partial charge in [-0.15, -0.1) is 0 Å². The summed E-state index contributed by atoms with van der Waals surface area (Å²) in [5.41, 5.74) is 10.5. The third-order valence-corrected chi connectivity index (χ3v) is 9.16. The summed E-state index contributed by atoms with van der Waals surface area (Å²) >= 11 is 26.0. The first-order valence-corrected chi connectivity index (χ1v) is 17.6. The molecule has 0 bridgehead atoms. The van der Waals surface area contributed by atoms with Crippen LogP contribution < -0.4 is 16.0 Å². The fraction of sp³-hybridized carbons (Fsp3) is 0.114. The zero-order valence-electron chi connectivity index (χ0n) is 28.3. The summed E-state index contributed by atoms with van der Waals surface area (Å²) in [6.45, 7) is 4.15. The van der Waals surface area contributed by atoms with E-state index in [1.165, 1.54) is 12.1 Å². The molecule has 0 fully saturated rings. The normalized spacial score (nSPS) is 11.1. The summed E-state index contributed by atoms with van der Waals surface area (Å²) in [5.74, 6) is 1.56. The third-order valence-electron chi connectivity index (χ3n) is 8.06. The van der Waals surface area contributed by atoms with E-state index in [2.05, 4.69) is 30.2 Å². The predicted molar refractivity (Wildman–Crippen MR) is 210 cm³/mol. The molecule has 7 aromatic rings. The Morgan fingerprint density at radius 3 is 1.67 bits per heavy atom. The maximum absolute atomic E-state index is 11.3. The number of aromatic amines is 2. The van der Waals surface area contributed by atoms with Crippen LogP contribution in [-0.4, -0.2) is 62.9 Å². The lowest BCUT2D eigenvalue weighted by atomic mass is 10.1. The average molecular weight is 804 g/mol. The number of nitrogen functional groups attached to an aromatic ring is 1. The lowest BCUT2D eigenvalue weighted by Crippen LogP contribution is -2.28. The monoisotopic (exact) mass is 801 g/mol. The van der Waals surface area contributed by atoms with Crippen molar-refractivity contribution < 1.29 is 4.92 Å². The summed E-state index contributed by atoms with van der Waals surface area (Å²) in [4.78, 5) is 51.6. The molecule has 5 N–H and O–H groups in total. The summed E-state index contributed by atoms with van der Waals surface area (Å²) in [6.07, 6.45) is 6.67. The van der Waals surface area contributed by atoms with Crippen LogP contribution in [0, 0.1) is 24.0 Å². The molecular weight excluding hydrogens is 776 g/mol. The van der Waals surface area contributed by atoms with Crippen LogP contribution in [0.4, 0.5) is 29.2 Å². The predicted octanol–water partition coefficient (Wildman–Crippen LogP) is 8.75. The van der Waals surface area contributed by atoms with E-state index >= 15 is 0 Å². The van der Waals surface area contributed by atoms with Gasteiger partial charge in [-0.1, -0.05) is 46.4 Å². The molecule has 0 radical (unpaired) electrons. The highest BCUT2D eigenvalue weighted by atomic mass is 35.5. The van der Waals surface area contributed by atoms with Crippen LogP contribution in [0.5, 0.6) is 0 Å². The number of nitrogens with one attached hydrogen (secondary N) is 3. The Morgan fingerprint density at radius 2 is 1.24 bits per heavy atom. The molecule has 272 valence electrons. The van der Waals surface area contributed by atoms with Crippen molar-refractivity contribution in [3.05, 3.63) is 115 Å². The van der Waals surface area contributed by atoms with Crippen LogP contribution in [0.3, 0.4) is 0 Å². The minimum Gasteiger partial charge on any atom is -0.378 e. The zero-order chi connectivity index (χ0) is 38.1. The number of aryl methyl sites for hydroxylation is 2.